The Morgan fingerprint density at radius 1 is 1.53 bits per heavy atom. The SMILES string of the molecule is CC=C/C=C/C(=O)Nc1nc(OC)n[nH]1. The smallest absolute Gasteiger partial charge is 0.336 e. The van der Waals surface area contributed by atoms with Crippen molar-refractivity contribution in [1.82, 2.24) is 15.2 Å². The molecule has 15 heavy (non-hydrogen) atoms. The Balaban J connectivity index is 2.51. The number of methoxy groups -OCH3 is 1. The first-order valence-electron chi connectivity index (χ1n) is 4.33. The van der Waals surface area contributed by atoms with Gasteiger partial charge < -0.3 is 4.74 Å². The van der Waals surface area contributed by atoms with Crippen molar-refractivity contribution in [2.24, 2.45) is 0 Å². The largest absolute Gasteiger partial charge is 0.466 e. The Labute approximate surface area is 87.0 Å². The Bertz CT molecular complexity index is 381. The number of aromatic nitrogens is 3. The van der Waals surface area contributed by atoms with E-state index in [0.717, 1.165) is 0 Å². The van der Waals surface area contributed by atoms with Gasteiger partial charge in [-0.15, -0.1) is 5.10 Å². The van der Waals surface area contributed by atoms with Gasteiger partial charge in [-0.25, -0.2) is 5.10 Å². The van der Waals surface area contributed by atoms with Crippen molar-refractivity contribution in [2.75, 3.05) is 12.4 Å². The molecule has 80 valence electrons. The topological polar surface area (TPSA) is 79.9 Å². The lowest BCUT2D eigenvalue weighted by Crippen LogP contribution is -2.08. The molecule has 0 bridgehead atoms. The van der Waals surface area contributed by atoms with E-state index in [1.54, 1.807) is 12.2 Å². The van der Waals surface area contributed by atoms with Gasteiger partial charge in [0.2, 0.25) is 5.95 Å². The number of allylic oxidation sites excluding steroid dienone is 3. The zero-order valence-corrected chi connectivity index (χ0v) is 8.52. The highest BCUT2D eigenvalue weighted by Crippen LogP contribution is 2.03. The summed E-state index contributed by atoms with van der Waals surface area (Å²) < 4.78 is 4.74. The average molecular weight is 208 g/mol. The number of anilines is 1. The maximum atomic E-state index is 11.2. The van der Waals surface area contributed by atoms with E-state index in [0.29, 0.717) is 0 Å². The van der Waals surface area contributed by atoms with Crippen molar-refractivity contribution in [3.63, 3.8) is 0 Å². The van der Waals surface area contributed by atoms with Crippen LogP contribution in [0.3, 0.4) is 0 Å². The van der Waals surface area contributed by atoms with Gasteiger partial charge in [-0.2, -0.15) is 4.98 Å². The Hall–Kier alpha value is -2.11. The third-order valence-corrected chi connectivity index (χ3v) is 1.44. The van der Waals surface area contributed by atoms with Crippen LogP contribution in [0, 0.1) is 0 Å². The first kappa shape index (κ1) is 11.0. The van der Waals surface area contributed by atoms with Gasteiger partial charge in [-0.3, -0.25) is 10.1 Å². The summed E-state index contributed by atoms with van der Waals surface area (Å²) in [4.78, 5) is 15.0. The second-order valence-corrected chi connectivity index (χ2v) is 2.54. The van der Waals surface area contributed by atoms with Crippen LogP contribution >= 0.6 is 0 Å². The molecule has 0 aliphatic rings. The number of carbonyl (C=O) groups excluding carboxylic acids is 1. The molecule has 1 aromatic rings. The third-order valence-electron chi connectivity index (χ3n) is 1.44. The van der Waals surface area contributed by atoms with Crippen LogP contribution in [0.4, 0.5) is 5.95 Å². The summed E-state index contributed by atoms with van der Waals surface area (Å²) in [5.41, 5.74) is 0. The van der Waals surface area contributed by atoms with Gasteiger partial charge in [0.25, 0.3) is 5.91 Å². The maximum absolute atomic E-state index is 11.2. The van der Waals surface area contributed by atoms with Crippen LogP contribution < -0.4 is 10.1 Å². The number of rotatable bonds is 4. The van der Waals surface area contributed by atoms with Gasteiger partial charge in [-0.1, -0.05) is 18.2 Å². The van der Waals surface area contributed by atoms with Crippen molar-refractivity contribution < 1.29 is 9.53 Å². The quantitative estimate of drug-likeness (QED) is 0.568. The summed E-state index contributed by atoms with van der Waals surface area (Å²) in [6, 6.07) is 0.183. The van der Waals surface area contributed by atoms with Crippen molar-refractivity contribution in [2.45, 2.75) is 6.92 Å². The number of hydrogen-bond donors (Lipinski definition) is 2. The number of nitrogens with zero attached hydrogens (tertiary/aromatic N) is 2. The fourth-order valence-electron chi connectivity index (χ4n) is 0.806. The monoisotopic (exact) mass is 208 g/mol. The van der Waals surface area contributed by atoms with Gasteiger partial charge in [0.15, 0.2) is 0 Å². The van der Waals surface area contributed by atoms with Crippen LogP contribution in [0.1, 0.15) is 6.92 Å². The molecule has 2 N–H and O–H groups in total. The molecule has 1 rings (SSSR count). The molecule has 0 saturated carbocycles. The van der Waals surface area contributed by atoms with E-state index >= 15 is 0 Å². The minimum Gasteiger partial charge on any atom is -0.466 e. The van der Waals surface area contributed by atoms with E-state index in [1.165, 1.54) is 13.2 Å². The van der Waals surface area contributed by atoms with Crippen LogP contribution in [-0.4, -0.2) is 28.2 Å². The Morgan fingerprint density at radius 3 is 2.93 bits per heavy atom. The second kappa shape index (κ2) is 5.58. The number of ether oxygens (including phenoxy) is 1. The van der Waals surface area contributed by atoms with E-state index in [-0.39, 0.29) is 17.9 Å². The fraction of sp³-hybridized carbons (Fsp3) is 0.222. The normalized spacial score (nSPS) is 11.1. The molecule has 0 fully saturated rings. The van der Waals surface area contributed by atoms with E-state index in [4.69, 9.17) is 4.74 Å². The van der Waals surface area contributed by atoms with E-state index in [1.807, 2.05) is 13.0 Å². The minimum atomic E-state index is -0.285. The third kappa shape index (κ3) is 3.63. The first-order valence-corrected chi connectivity index (χ1v) is 4.33. The molecule has 6 heteroatoms. The number of nitrogens with one attached hydrogen (secondary N) is 2. The van der Waals surface area contributed by atoms with Gasteiger partial charge >= 0.3 is 6.01 Å². The molecule has 1 amide bonds. The minimum absolute atomic E-state index is 0.183. The molecular formula is C9H12N4O2. The fourth-order valence-corrected chi connectivity index (χ4v) is 0.806. The molecule has 1 heterocycles. The van der Waals surface area contributed by atoms with Crippen LogP contribution in [0.15, 0.2) is 24.3 Å². The van der Waals surface area contributed by atoms with Crippen LogP contribution in [0.5, 0.6) is 6.01 Å². The number of aromatic amines is 1. The van der Waals surface area contributed by atoms with Gasteiger partial charge in [0.1, 0.15) is 0 Å². The number of amides is 1. The molecule has 0 spiro atoms. The zero-order valence-electron chi connectivity index (χ0n) is 8.52. The van der Waals surface area contributed by atoms with Crippen molar-refractivity contribution >= 4 is 11.9 Å². The lowest BCUT2D eigenvalue weighted by molar-refractivity contribution is -0.111. The lowest BCUT2D eigenvalue weighted by atomic mass is 10.4. The molecule has 0 saturated heterocycles. The summed E-state index contributed by atoms with van der Waals surface area (Å²) in [6.45, 7) is 1.86. The molecule has 0 aliphatic carbocycles. The predicted octanol–water partition coefficient (Wildman–Crippen LogP) is 0.884. The second-order valence-electron chi connectivity index (χ2n) is 2.54. The van der Waals surface area contributed by atoms with E-state index in [2.05, 4.69) is 20.5 Å². The summed E-state index contributed by atoms with van der Waals surface area (Å²) in [7, 11) is 1.45. The molecule has 1 aromatic heterocycles. The van der Waals surface area contributed by atoms with Crippen molar-refractivity contribution in [1.29, 1.82) is 0 Å². The lowest BCUT2D eigenvalue weighted by Gasteiger charge is -1.93. The summed E-state index contributed by atoms with van der Waals surface area (Å²) in [6.07, 6.45) is 6.58. The van der Waals surface area contributed by atoms with Crippen LogP contribution in [0.2, 0.25) is 0 Å². The highest BCUT2D eigenvalue weighted by molar-refractivity contribution is 5.98. The molecule has 0 radical (unpaired) electrons. The highest BCUT2D eigenvalue weighted by Gasteiger charge is 2.03. The Kier molecular flexibility index (Phi) is 4.08. The molecular weight excluding hydrogens is 196 g/mol. The van der Waals surface area contributed by atoms with Crippen LogP contribution in [0.25, 0.3) is 0 Å². The maximum Gasteiger partial charge on any atom is 0.336 e. The zero-order chi connectivity index (χ0) is 11.1. The average Bonchev–Trinajstić information content (AvgIpc) is 2.66. The number of H-pyrrole nitrogens is 1. The molecule has 0 atom stereocenters. The summed E-state index contributed by atoms with van der Waals surface area (Å²) in [5.74, 6) is -0.0334. The van der Waals surface area contributed by atoms with Crippen molar-refractivity contribution in [3.05, 3.63) is 24.3 Å². The van der Waals surface area contributed by atoms with Gasteiger partial charge in [0, 0.05) is 6.08 Å². The summed E-state index contributed by atoms with van der Waals surface area (Å²) >= 11 is 0. The van der Waals surface area contributed by atoms with Gasteiger partial charge in [-0.05, 0) is 6.92 Å². The molecule has 0 aliphatic heterocycles. The van der Waals surface area contributed by atoms with Crippen LogP contribution in [-0.2, 0) is 4.79 Å². The number of hydrogen-bond acceptors (Lipinski definition) is 4. The molecule has 0 unspecified atom stereocenters. The van der Waals surface area contributed by atoms with Crippen molar-refractivity contribution in [3.8, 4) is 6.01 Å². The molecule has 0 aromatic carbocycles. The number of carbonyl (C=O) groups is 1. The Morgan fingerprint density at radius 2 is 2.33 bits per heavy atom. The van der Waals surface area contributed by atoms with E-state index in [9.17, 15) is 4.79 Å². The van der Waals surface area contributed by atoms with Gasteiger partial charge in [0.05, 0.1) is 7.11 Å². The van der Waals surface area contributed by atoms with E-state index < -0.39 is 0 Å². The standard InChI is InChI=1S/C9H12N4O2/c1-3-4-5-6-7(14)10-8-11-9(15-2)13-12-8/h3-6H,1-2H3,(H2,10,11,12,13,14)/b4-3?,6-5+. The summed E-state index contributed by atoms with van der Waals surface area (Å²) in [5, 5.41) is 8.67. The predicted molar refractivity (Wildman–Crippen MR) is 55.5 cm³/mol. The highest BCUT2D eigenvalue weighted by atomic mass is 16.5. The molecule has 6 nitrogen and oxygen atoms in total. The first-order chi connectivity index (χ1) is 7.26.